The SMILES string of the molecule is CN(C(=O)c1ccc(Cc2ccccc2F)nc1)[C@H]1CCS(=O)(=O)C1. The summed E-state index contributed by atoms with van der Waals surface area (Å²) in [6, 6.07) is 9.54. The fraction of sp³-hybridized carbons (Fsp3) is 0.333. The number of carbonyl (C=O) groups is 1. The van der Waals surface area contributed by atoms with E-state index in [9.17, 15) is 17.6 Å². The Morgan fingerprint density at radius 2 is 2.04 bits per heavy atom. The maximum absolute atomic E-state index is 13.7. The van der Waals surface area contributed by atoms with Gasteiger partial charge >= 0.3 is 0 Å². The average molecular weight is 362 g/mol. The fourth-order valence-corrected chi connectivity index (χ4v) is 4.72. The zero-order valence-corrected chi connectivity index (χ0v) is 14.7. The van der Waals surface area contributed by atoms with Crippen LogP contribution in [0.2, 0.25) is 0 Å². The third kappa shape index (κ3) is 4.04. The number of hydrogen-bond acceptors (Lipinski definition) is 4. The number of rotatable bonds is 4. The van der Waals surface area contributed by atoms with Crippen LogP contribution >= 0.6 is 0 Å². The highest BCUT2D eigenvalue weighted by molar-refractivity contribution is 7.91. The summed E-state index contributed by atoms with van der Waals surface area (Å²) in [5.74, 6) is -0.415. The van der Waals surface area contributed by atoms with Crippen molar-refractivity contribution in [1.29, 1.82) is 0 Å². The zero-order chi connectivity index (χ0) is 18.0. The Labute approximate surface area is 146 Å². The summed E-state index contributed by atoms with van der Waals surface area (Å²) in [6.07, 6.45) is 2.26. The van der Waals surface area contributed by atoms with Gasteiger partial charge in [0.1, 0.15) is 5.82 Å². The first-order valence-electron chi connectivity index (χ1n) is 8.01. The molecule has 1 fully saturated rings. The summed E-state index contributed by atoms with van der Waals surface area (Å²) < 4.78 is 36.8. The maximum atomic E-state index is 13.7. The van der Waals surface area contributed by atoms with Gasteiger partial charge in [-0.2, -0.15) is 0 Å². The molecule has 2 aromatic rings. The van der Waals surface area contributed by atoms with E-state index in [2.05, 4.69) is 4.98 Å². The number of carbonyl (C=O) groups excluding carboxylic acids is 1. The zero-order valence-electron chi connectivity index (χ0n) is 13.9. The fourth-order valence-electron chi connectivity index (χ4n) is 2.94. The largest absolute Gasteiger partial charge is 0.338 e. The Bertz CT molecular complexity index is 881. The number of nitrogens with zero attached hydrogens (tertiary/aromatic N) is 2. The van der Waals surface area contributed by atoms with Crippen LogP contribution < -0.4 is 0 Å². The lowest BCUT2D eigenvalue weighted by Crippen LogP contribution is -2.37. The molecule has 2 heterocycles. The van der Waals surface area contributed by atoms with Crippen molar-refractivity contribution >= 4 is 15.7 Å². The molecular formula is C18H19FN2O3S. The van der Waals surface area contributed by atoms with Crippen molar-refractivity contribution in [2.24, 2.45) is 0 Å². The summed E-state index contributed by atoms with van der Waals surface area (Å²) in [7, 11) is -1.43. The van der Waals surface area contributed by atoms with Gasteiger partial charge in [-0.05, 0) is 30.2 Å². The molecule has 3 rings (SSSR count). The molecule has 0 bridgehead atoms. The highest BCUT2D eigenvalue weighted by Gasteiger charge is 2.33. The van der Waals surface area contributed by atoms with E-state index in [4.69, 9.17) is 0 Å². The Balaban J connectivity index is 1.69. The summed E-state index contributed by atoms with van der Waals surface area (Å²) in [5.41, 5.74) is 1.60. The van der Waals surface area contributed by atoms with Crippen molar-refractivity contribution in [3.63, 3.8) is 0 Å². The van der Waals surface area contributed by atoms with E-state index in [-0.39, 0.29) is 29.3 Å². The second kappa shape index (κ2) is 6.92. The van der Waals surface area contributed by atoms with Crippen molar-refractivity contribution in [3.8, 4) is 0 Å². The minimum Gasteiger partial charge on any atom is -0.338 e. The van der Waals surface area contributed by atoms with Gasteiger partial charge < -0.3 is 4.90 Å². The van der Waals surface area contributed by atoms with Gasteiger partial charge in [0.25, 0.3) is 5.91 Å². The van der Waals surface area contributed by atoms with Gasteiger partial charge in [-0.15, -0.1) is 0 Å². The van der Waals surface area contributed by atoms with Crippen LogP contribution in [0.15, 0.2) is 42.6 Å². The normalized spacial score (nSPS) is 18.9. The van der Waals surface area contributed by atoms with E-state index >= 15 is 0 Å². The lowest BCUT2D eigenvalue weighted by molar-refractivity contribution is 0.0747. The standard InChI is InChI=1S/C18H19FN2O3S/c1-21(16-8-9-25(23,24)12-16)18(22)14-6-7-15(20-11-14)10-13-4-2-3-5-17(13)19/h2-7,11,16H,8-10,12H2,1H3/t16-/m0/s1. The molecule has 1 atom stereocenters. The summed E-state index contributed by atoms with van der Waals surface area (Å²) >= 11 is 0. The van der Waals surface area contributed by atoms with Crippen LogP contribution in [0.4, 0.5) is 4.39 Å². The number of amides is 1. The van der Waals surface area contributed by atoms with Crippen molar-refractivity contribution in [2.45, 2.75) is 18.9 Å². The lowest BCUT2D eigenvalue weighted by Gasteiger charge is -2.23. The molecule has 0 N–H and O–H groups in total. The number of halogens is 1. The summed E-state index contributed by atoms with van der Waals surface area (Å²) in [6.45, 7) is 0. The Morgan fingerprint density at radius 1 is 1.28 bits per heavy atom. The second-order valence-corrected chi connectivity index (χ2v) is 8.51. The van der Waals surface area contributed by atoms with Gasteiger partial charge in [0.15, 0.2) is 9.84 Å². The van der Waals surface area contributed by atoms with Gasteiger partial charge in [-0.25, -0.2) is 12.8 Å². The van der Waals surface area contributed by atoms with Crippen LogP contribution in [0.25, 0.3) is 0 Å². The summed E-state index contributed by atoms with van der Waals surface area (Å²) in [5, 5.41) is 0. The van der Waals surface area contributed by atoms with Crippen LogP contribution in [0.5, 0.6) is 0 Å². The van der Waals surface area contributed by atoms with Crippen LogP contribution in [0.1, 0.15) is 28.0 Å². The highest BCUT2D eigenvalue weighted by Crippen LogP contribution is 2.19. The van der Waals surface area contributed by atoms with Crippen molar-refractivity contribution in [3.05, 3.63) is 65.2 Å². The summed E-state index contributed by atoms with van der Waals surface area (Å²) in [4.78, 5) is 18.2. The molecule has 0 unspecified atom stereocenters. The molecule has 1 aromatic heterocycles. The van der Waals surface area contributed by atoms with E-state index in [0.29, 0.717) is 29.7 Å². The topological polar surface area (TPSA) is 67.3 Å². The first kappa shape index (κ1) is 17.5. The molecule has 1 amide bonds. The molecule has 5 nitrogen and oxygen atoms in total. The molecule has 7 heteroatoms. The molecular weight excluding hydrogens is 343 g/mol. The molecule has 1 aromatic carbocycles. The molecule has 0 radical (unpaired) electrons. The van der Waals surface area contributed by atoms with Crippen LogP contribution in [-0.4, -0.2) is 48.8 Å². The minimum absolute atomic E-state index is 0.00797. The monoisotopic (exact) mass is 362 g/mol. The van der Waals surface area contributed by atoms with Crippen LogP contribution in [0.3, 0.4) is 0 Å². The number of pyridine rings is 1. The molecule has 132 valence electrons. The molecule has 1 saturated heterocycles. The predicted molar refractivity (Wildman–Crippen MR) is 92.6 cm³/mol. The highest BCUT2D eigenvalue weighted by atomic mass is 32.2. The predicted octanol–water partition coefficient (Wildman–Crippen LogP) is 2.07. The van der Waals surface area contributed by atoms with Crippen LogP contribution in [-0.2, 0) is 16.3 Å². The van der Waals surface area contributed by atoms with E-state index in [0.717, 1.165) is 0 Å². The molecule has 0 spiro atoms. The van der Waals surface area contributed by atoms with Gasteiger partial charge in [-0.3, -0.25) is 9.78 Å². The Morgan fingerprint density at radius 3 is 2.64 bits per heavy atom. The quantitative estimate of drug-likeness (QED) is 0.835. The number of benzene rings is 1. The number of sulfone groups is 1. The van der Waals surface area contributed by atoms with Crippen molar-refractivity contribution in [2.75, 3.05) is 18.6 Å². The Kier molecular flexibility index (Phi) is 4.85. The maximum Gasteiger partial charge on any atom is 0.255 e. The average Bonchev–Trinajstić information content (AvgIpc) is 2.96. The first-order chi connectivity index (χ1) is 11.9. The number of hydrogen-bond donors (Lipinski definition) is 0. The van der Waals surface area contributed by atoms with Crippen molar-refractivity contribution in [1.82, 2.24) is 9.88 Å². The molecule has 1 aliphatic heterocycles. The van der Waals surface area contributed by atoms with E-state index < -0.39 is 9.84 Å². The van der Waals surface area contributed by atoms with E-state index in [1.54, 1.807) is 37.4 Å². The second-order valence-electron chi connectivity index (χ2n) is 6.28. The van der Waals surface area contributed by atoms with Gasteiger partial charge in [0.2, 0.25) is 0 Å². The van der Waals surface area contributed by atoms with Crippen LogP contribution in [0, 0.1) is 5.82 Å². The molecule has 0 aliphatic carbocycles. The van der Waals surface area contributed by atoms with Gasteiger partial charge in [0.05, 0.1) is 17.1 Å². The smallest absolute Gasteiger partial charge is 0.255 e. The van der Waals surface area contributed by atoms with E-state index in [1.165, 1.54) is 17.2 Å². The number of aromatic nitrogens is 1. The van der Waals surface area contributed by atoms with E-state index in [1.807, 2.05) is 0 Å². The first-order valence-corrected chi connectivity index (χ1v) is 9.84. The molecule has 25 heavy (non-hydrogen) atoms. The lowest BCUT2D eigenvalue weighted by atomic mass is 10.1. The van der Waals surface area contributed by atoms with Gasteiger partial charge in [0, 0.05) is 31.4 Å². The van der Waals surface area contributed by atoms with Crippen molar-refractivity contribution < 1.29 is 17.6 Å². The third-order valence-corrected chi connectivity index (χ3v) is 6.23. The Hall–Kier alpha value is -2.28. The minimum atomic E-state index is -3.05. The molecule has 0 saturated carbocycles. The third-order valence-electron chi connectivity index (χ3n) is 4.48. The molecule has 1 aliphatic rings. The van der Waals surface area contributed by atoms with Gasteiger partial charge in [-0.1, -0.05) is 18.2 Å².